The van der Waals surface area contributed by atoms with E-state index in [1.165, 1.54) is 18.2 Å². The molecule has 0 fully saturated rings. The second-order valence-electron chi connectivity index (χ2n) is 8.00. The topological polar surface area (TPSA) is 62.0 Å². The molecule has 0 aliphatic heterocycles. The number of hydrogen-bond donors (Lipinski definition) is 2. The van der Waals surface area contributed by atoms with Crippen LogP contribution < -0.4 is 4.72 Å². The van der Waals surface area contributed by atoms with Crippen molar-refractivity contribution in [3.63, 3.8) is 0 Å². The molecule has 1 unspecified atom stereocenters. The zero-order valence-electron chi connectivity index (χ0n) is 17.1. The summed E-state index contributed by atoms with van der Waals surface area (Å²) in [6.45, 7) is 3.26. The number of H-pyrrole nitrogens is 1. The van der Waals surface area contributed by atoms with Gasteiger partial charge in [0.2, 0.25) is 10.0 Å². The van der Waals surface area contributed by atoms with E-state index in [0.29, 0.717) is 6.04 Å². The molecule has 1 heterocycles. The number of likely N-dealkylation sites (N-methyl/N-ethyl adjacent to an activating group) is 1. The average molecular weight is 401 g/mol. The van der Waals surface area contributed by atoms with E-state index in [9.17, 15) is 8.42 Å². The van der Waals surface area contributed by atoms with Crippen LogP contribution in [0.4, 0.5) is 0 Å². The summed E-state index contributed by atoms with van der Waals surface area (Å²) in [6, 6.07) is 16.8. The summed E-state index contributed by atoms with van der Waals surface area (Å²) in [5, 5.41) is 1.11. The fourth-order valence-corrected chi connectivity index (χ4v) is 4.31. The lowest BCUT2D eigenvalue weighted by Gasteiger charge is -2.36. The minimum atomic E-state index is -3.28. The molecule has 0 bridgehead atoms. The molecule has 2 aromatic carbocycles. The minimum absolute atomic E-state index is 0.00332. The van der Waals surface area contributed by atoms with Gasteiger partial charge in [-0.15, -0.1) is 0 Å². The Bertz CT molecular complexity index is 1040. The van der Waals surface area contributed by atoms with Crippen LogP contribution in [0.1, 0.15) is 29.7 Å². The van der Waals surface area contributed by atoms with E-state index < -0.39 is 10.0 Å². The van der Waals surface area contributed by atoms with Crippen LogP contribution in [-0.4, -0.2) is 45.6 Å². The Hall–Kier alpha value is -2.15. The predicted octanol–water partition coefficient (Wildman–Crippen LogP) is 3.60. The Balaban J connectivity index is 1.78. The highest BCUT2D eigenvalue weighted by Crippen LogP contribution is 2.27. The molecule has 28 heavy (non-hydrogen) atoms. The molecular formula is C22H30N3O2S+. The number of nitrogens with zero attached hydrogens (tertiary/aromatic N) is 1. The van der Waals surface area contributed by atoms with Gasteiger partial charge in [-0.1, -0.05) is 36.4 Å². The molecule has 0 saturated carbocycles. The molecule has 6 heteroatoms. The summed E-state index contributed by atoms with van der Waals surface area (Å²) in [5.41, 5.74) is 4.41. The first-order chi connectivity index (χ1) is 13.2. The van der Waals surface area contributed by atoms with Gasteiger partial charge < -0.3 is 9.47 Å². The Morgan fingerprint density at radius 2 is 1.82 bits per heavy atom. The lowest BCUT2D eigenvalue weighted by atomic mass is 10.0. The van der Waals surface area contributed by atoms with Gasteiger partial charge in [0.25, 0.3) is 0 Å². The third kappa shape index (κ3) is 4.63. The van der Waals surface area contributed by atoms with Crippen LogP contribution in [0.15, 0.2) is 54.7 Å². The van der Waals surface area contributed by atoms with Crippen molar-refractivity contribution in [2.24, 2.45) is 0 Å². The number of rotatable bonds is 8. The van der Waals surface area contributed by atoms with Gasteiger partial charge in [0.1, 0.15) is 6.04 Å². The summed E-state index contributed by atoms with van der Waals surface area (Å²) in [7, 11) is 2.69. The van der Waals surface area contributed by atoms with Gasteiger partial charge in [0.15, 0.2) is 0 Å². The van der Waals surface area contributed by atoms with Crippen LogP contribution >= 0.6 is 0 Å². The standard InChI is InChI=1S/C22H30N3O2S/c1-17(19-8-6-5-7-9-19)25(3,4)13-12-20-15-24-22-11-10-18(14-21(20)22)16-28(26,27)23-2/h5-11,14-15,17,23-24H,12-13,16H2,1-4H3/q+1. The Labute approximate surface area is 168 Å². The Morgan fingerprint density at radius 3 is 2.50 bits per heavy atom. The highest BCUT2D eigenvalue weighted by Gasteiger charge is 2.25. The molecule has 2 N–H and O–H groups in total. The van der Waals surface area contributed by atoms with Crippen LogP contribution in [0, 0.1) is 0 Å². The first kappa shape index (κ1) is 20.6. The van der Waals surface area contributed by atoms with Gasteiger partial charge in [-0.3, -0.25) is 0 Å². The van der Waals surface area contributed by atoms with E-state index in [2.05, 4.69) is 55.0 Å². The number of benzene rings is 2. The van der Waals surface area contributed by atoms with Crippen molar-refractivity contribution < 1.29 is 12.9 Å². The molecule has 150 valence electrons. The first-order valence-corrected chi connectivity index (χ1v) is 11.2. The fraction of sp³-hybridized carbons (Fsp3) is 0.364. The lowest BCUT2D eigenvalue weighted by molar-refractivity contribution is -0.919. The van der Waals surface area contributed by atoms with Crippen molar-refractivity contribution in [2.45, 2.75) is 25.1 Å². The van der Waals surface area contributed by atoms with E-state index in [-0.39, 0.29) is 5.75 Å². The van der Waals surface area contributed by atoms with E-state index >= 15 is 0 Å². The second kappa shape index (κ2) is 8.07. The molecular weight excluding hydrogens is 370 g/mol. The molecule has 5 nitrogen and oxygen atoms in total. The van der Waals surface area contributed by atoms with Gasteiger partial charge in [0.05, 0.1) is 26.4 Å². The van der Waals surface area contributed by atoms with Gasteiger partial charge in [-0.2, -0.15) is 0 Å². The van der Waals surface area contributed by atoms with Crippen LogP contribution in [0.25, 0.3) is 10.9 Å². The summed E-state index contributed by atoms with van der Waals surface area (Å²) in [5.74, 6) is -0.00332. The number of aromatic amines is 1. The van der Waals surface area contributed by atoms with Crippen LogP contribution in [0.5, 0.6) is 0 Å². The first-order valence-electron chi connectivity index (χ1n) is 9.59. The van der Waals surface area contributed by atoms with E-state index in [1.807, 2.05) is 30.5 Å². The Morgan fingerprint density at radius 1 is 1.11 bits per heavy atom. The number of quaternary nitrogens is 1. The highest BCUT2D eigenvalue weighted by atomic mass is 32.2. The molecule has 0 aliphatic rings. The molecule has 3 aromatic rings. The van der Waals surface area contributed by atoms with Gasteiger partial charge in [0, 0.05) is 29.1 Å². The predicted molar refractivity (Wildman–Crippen MR) is 116 cm³/mol. The SMILES string of the molecule is CNS(=O)(=O)Cc1ccc2[nH]cc(CC[N+](C)(C)C(C)c3ccccc3)c2c1. The summed E-state index contributed by atoms with van der Waals surface area (Å²) >= 11 is 0. The van der Waals surface area contributed by atoms with Crippen LogP contribution in [-0.2, 0) is 22.2 Å². The van der Waals surface area contributed by atoms with E-state index in [1.54, 1.807) is 0 Å². The minimum Gasteiger partial charge on any atom is -0.361 e. The van der Waals surface area contributed by atoms with E-state index in [4.69, 9.17) is 0 Å². The van der Waals surface area contributed by atoms with Crippen LogP contribution in [0.2, 0.25) is 0 Å². The zero-order valence-corrected chi connectivity index (χ0v) is 17.9. The normalized spacial score (nSPS) is 13.7. The molecule has 0 saturated heterocycles. The lowest BCUT2D eigenvalue weighted by Crippen LogP contribution is -2.43. The number of hydrogen-bond acceptors (Lipinski definition) is 2. The van der Waals surface area contributed by atoms with Crippen molar-refractivity contribution in [3.8, 4) is 0 Å². The Kier molecular flexibility index (Phi) is 5.93. The third-order valence-electron chi connectivity index (χ3n) is 5.79. The van der Waals surface area contributed by atoms with Gasteiger partial charge >= 0.3 is 0 Å². The quantitative estimate of drug-likeness (QED) is 0.568. The smallest absolute Gasteiger partial charge is 0.215 e. The van der Waals surface area contributed by atoms with Crippen molar-refractivity contribution in [3.05, 3.63) is 71.4 Å². The fourth-order valence-electron chi connectivity index (χ4n) is 3.55. The molecule has 0 spiro atoms. The molecule has 0 amide bonds. The maximum atomic E-state index is 11.9. The number of fused-ring (bicyclic) bond motifs is 1. The largest absolute Gasteiger partial charge is 0.361 e. The van der Waals surface area contributed by atoms with Crippen LogP contribution in [0.3, 0.4) is 0 Å². The molecule has 1 atom stereocenters. The van der Waals surface area contributed by atoms with Crippen molar-refractivity contribution in [1.82, 2.24) is 9.71 Å². The molecule has 3 rings (SSSR count). The number of aromatic nitrogens is 1. The number of sulfonamides is 1. The average Bonchev–Trinajstić information content (AvgIpc) is 3.08. The van der Waals surface area contributed by atoms with Crippen molar-refractivity contribution in [1.29, 1.82) is 0 Å². The van der Waals surface area contributed by atoms with Gasteiger partial charge in [-0.25, -0.2) is 13.1 Å². The third-order valence-corrected chi connectivity index (χ3v) is 7.12. The monoisotopic (exact) mass is 400 g/mol. The molecule has 0 aliphatic carbocycles. The van der Waals surface area contributed by atoms with Gasteiger partial charge in [-0.05, 0) is 37.2 Å². The number of nitrogens with one attached hydrogen (secondary N) is 2. The second-order valence-corrected chi connectivity index (χ2v) is 9.92. The maximum Gasteiger partial charge on any atom is 0.215 e. The summed E-state index contributed by atoms with van der Waals surface area (Å²) < 4.78 is 27.0. The maximum absolute atomic E-state index is 11.9. The van der Waals surface area contributed by atoms with Crippen molar-refractivity contribution in [2.75, 3.05) is 27.7 Å². The zero-order chi connectivity index (χ0) is 20.4. The van der Waals surface area contributed by atoms with Crippen molar-refractivity contribution >= 4 is 20.9 Å². The molecule has 1 aromatic heterocycles. The molecule has 0 radical (unpaired) electrons. The summed E-state index contributed by atoms with van der Waals surface area (Å²) in [4.78, 5) is 3.32. The van der Waals surface area contributed by atoms with E-state index in [0.717, 1.165) is 33.9 Å². The highest BCUT2D eigenvalue weighted by molar-refractivity contribution is 7.88. The summed E-state index contributed by atoms with van der Waals surface area (Å²) in [6.07, 6.45) is 2.97.